The van der Waals surface area contributed by atoms with Crippen molar-refractivity contribution in [3.8, 4) is 22.5 Å². The fourth-order valence-electron chi connectivity index (χ4n) is 2.82. The molecule has 0 saturated carbocycles. The number of esters is 1. The molecule has 5 nitrogen and oxygen atoms in total. The highest BCUT2D eigenvalue weighted by Crippen LogP contribution is 2.37. The van der Waals surface area contributed by atoms with Gasteiger partial charge < -0.3 is 4.74 Å². The van der Waals surface area contributed by atoms with Crippen LogP contribution in [0.2, 0.25) is 0 Å². The van der Waals surface area contributed by atoms with Crippen molar-refractivity contribution in [1.29, 1.82) is 0 Å². The van der Waals surface area contributed by atoms with Crippen molar-refractivity contribution < 1.29 is 9.53 Å². The first-order valence-electron chi connectivity index (χ1n) is 6.98. The van der Waals surface area contributed by atoms with Crippen LogP contribution in [0, 0.1) is 0 Å². The van der Waals surface area contributed by atoms with Crippen LogP contribution in [0.4, 0.5) is 0 Å². The Hall–Kier alpha value is -2.95. The van der Waals surface area contributed by atoms with Crippen LogP contribution in [0.15, 0.2) is 48.5 Å². The van der Waals surface area contributed by atoms with E-state index in [1.54, 1.807) is 12.1 Å². The molecule has 0 N–H and O–H groups in total. The predicted octanol–water partition coefficient (Wildman–Crippen LogP) is 2.76. The van der Waals surface area contributed by atoms with E-state index < -0.39 is 0 Å². The number of ether oxygens (including phenoxy) is 1. The van der Waals surface area contributed by atoms with Gasteiger partial charge in [0.2, 0.25) is 0 Å². The maximum absolute atomic E-state index is 11.5. The van der Waals surface area contributed by atoms with Crippen molar-refractivity contribution in [3.05, 3.63) is 59.7 Å². The molecule has 22 heavy (non-hydrogen) atoms. The van der Waals surface area contributed by atoms with Gasteiger partial charge >= 0.3 is 5.97 Å². The number of carbonyl (C=O) groups is 1. The van der Waals surface area contributed by atoms with Crippen LogP contribution in [-0.2, 0) is 11.3 Å². The Labute approximate surface area is 127 Å². The largest absolute Gasteiger partial charge is 0.465 e. The van der Waals surface area contributed by atoms with Gasteiger partial charge in [-0.15, -0.1) is 5.10 Å². The molecule has 2 aromatic carbocycles. The summed E-state index contributed by atoms with van der Waals surface area (Å²) in [6, 6.07) is 15.5. The van der Waals surface area contributed by atoms with Gasteiger partial charge in [0.15, 0.2) is 0 Å². The summed E-state index contributed by atoms with van der Waals surface area (Å²) in [5.41, 5.74) is 5.74. The lowest BCUT2D eigenvalue weighted by Crippen LogP contribution is -2.00. The van der Waals surface area contributed by atoms with Gasteiger partial charge in [0, 0.05) is 11.1 Å². The summed E-state index contributed by atoms with van der Waals surface area (Å²) in [7, 11) is 1.37. The molecular formula is C17H13N3O2. The van der Waals surface area contributed by atoms with Crippen molar-refractivity contribution in [3.63, 3.8) is 0 Å². The van der Waals surface area contributed by atoms with Gasteiger partial charge in [0.05, 0.1) is 24.9 Å². The van der Waals surface area contributed by atoms with E-state index in [0.29, 0.717) is 5.56 Å². The van der Waals surface area contributed by atoms with E-state index in [0.717, 1.165) is 23.5 Å². The molecule has 0 spiro atoms. The van der Waals surface area contributed by atoms with Crippen molar-refractivity contribution in [2.75, 3.05) is 7.11 Å². The number of methoxy groups -OCH3 is 1. The lowest BCUT2D eigenvalue weighted by atomic mass is 10.0. The minimum absolute atomic E-state index is 0.343. The first kappa shape index (κ1) is 12.8. The number of benzene rings is 2. The SMILES string of the molecule is COC(=O)c1ccc(-c2nnn3c2-c2ccccc2C3)cc1. The highest BCUT2D eigenvalue weighted by Gasteiger charge is 2.24. The van der Waals surface area contributed by atoms with Gasteiger partial charge in [0.25, 0.3) is 0 Å². The monoisotopic (exact) mass is 291 g/mol. The second-order valence-corrected chi connectivity index (χ2v) is 5.17. The second kappa shape index (κ2) is 4.80. The molecule has 5 heteroatoms. The fraction of sp³-hybridized carbons (Fsp3) is 0.118. The van der Waals surface area contributed by atoms with Crippen LogP contribution in [0.1, 0.15) is 15.9 Å². The Morgan fingerprint density at radius 2 is 1.91 bits per heavy atom. The van der Waals surface area contributed by atoms with Gasteiger partial charge in [-0.25, -0.2) is 9.48 Å². The van der Waals surface area contributed by atoms with Crippen LogP contribution in [0.5, 0.6) is 0 Å². The number of nitrogens with zero attached hydrogens (tertiary/aromatic N) is 3. The van der Waals surface area contributed by atoms with Crippen LogP contribution in [0.25, 0.3) is 22.5 Å². The zero-order chi connectivity index (χ0) is 15.1. The Morgan fingerprint density at radius 1 is 1.14 bits per heavy atom. The van der Waals surface area contributed by atoms with Gasteiger partial charge in [-0.3, -0.25) is 0 Å². The molecule has 0 bridgehead atoms. The lowest BCUT2D eigenvalue weighted by molar-refractivity contribution is 0.0601. The van der Waals surface area contributed by atoms with Crippen LogP contribution in [-0.4, -0.2) is 28.1 Å². The van der Waals surface area contributed by atoms with Gasteiger partial charge in [-0.2, -0.15) is 0 Å². The Kier molecular flexibility index (Phi) is 2.79. The molecule has 0 fully saturated rings. The first-order valence-corrected chi connectivity index (χ1v) is 6.98. The Bertz CT molecular complexity index is 866. The van der Waals surface area contributed by atoms with Crippen molar-refractivity contribution in [2.24, 2.45) is 0 Å². The zero-order valence-corrected chi connectivity index (χ0v) is 12.0. The zero-order valence-electron chi connectivity index (χ0n) is 12.0. The van der Waals surface area contributed by atoms with Crippen LogP contribution >= 0.6 is 0 Å². The normalized spacial score (nSPS) is 11.9. The molecule has 0 unspecified atom stereocenters. The van der Waals surface area contributed by atoms with Crippen LogP contribution in [0.3, 0.4) is 0 Å². The minimum Gasteiger partial charge on any atom is -0.465 e. The molecule has 1 aliphatic heterocycles. The van der Waals surface area contributed by atoms with Crippen molar-refractivity contribution >= 4 is 5.97 Å². The third-order valence-electron chi connectivity index (χ3n) is 3.91. The average Bonchev–Trinajstić information content (AvgIpc) is 3.13. The summed E-state index contributed by atoms with van der Waals surface area (Å²) < 4.78 is 6.63. The molecule has 0 atom stereocenters. The van der Waals surface area contributed by atoms with Crippen molar-refractivity contribution in [1.82, 2.24) is 15.0 Å². The van der Waals surface area contributed by atoms with E-state index >= 15 is 0 Å². The smallest absolute Gasteiger partial charge is 0.337 e. The molecule has 3 aromatic rings. The third-order valence-corrected chi connectivity index (χ3v) is 3.91. The summed E-state index contributed by atoms with van der Waals surface area (Å²) in [5.74, 6) is -0.343. The summed E-state index contributed by atoms with van der Waals surface area (Å²) in [5, 5.41) is 8.53. The Balaban J connectivity index is 1.79. The van der Waals surface area contributed by atoms with E-state index in [1.807, 2.05) is 28.9 Å². The number of aromatic nitrogens is 3. The highest BCUT2D eigenvalue weighted by molar-refractivity contribution is 5.90. The molecule has 0 amide bonds. The third kappa shape index (κ3) is 1.83. The van der Waals surface area contributed by atoms with Gasteiger partial charge in [0.1, 0.15) is 5.69 Å². The first-order chi connectivity index (χ1) is 10.8. The molecule has 1 aromatic heterocycles. The van der Waals surface area contributed by atoms with E-state index in [9.17, 15) is 4.79 Å². The molecule has 108 valence electrons. The van der Waals surface area contributed by atoms with E-state index in [-0.39, 0.29) is 5.97 Å². The maximum atomic E-state index is 11.5. The molecule has 4 rings (SSSR count). The predicted molar refractivity (Wildman–Crippen MR) is 81.3 cm³/mol. The highest BCUT2D eigenvalue weighted by atomic mass is 16.5. The van der Waals surface area contributed by atoms with Gasteiger partial charge in [-0.1, -0.05) is 41.6 Å². The summed E-state index contributed by atoms with van der Waals surface area (Å²) in [6.45, 7) is 0.749. The van der Waals surface area contributed by atoms with Crippen molar-refractivity contribution in [2.45, 2.75) is 6.54 Å². The fourth-order valence-corrected chi connectivity index (χ4v) is 2.82. The average molecular weight is 291 g/mol. The standard InChI is InChI=1S/C17H13N3O2/c1-22-17(21)12-8-6-11(7-9-12)15-16-14-5-3-2-4-13(14)10-20(16)19-18-15/h2-9H,10H2,1H3. The number of hydrogen-bond donors (Lipinski definition) is 0. The summed E-state index contributed by atoms with van der Waals surface area (Å²) >= 11 is 0. The molecule has 0 saturated heterocycles. The summed E-state index contributed by atoms with van der Waals surface area (Å²) in [6.07, 6.45) is 0. The second-order valence-electron chi connectivity index (χ2n) is 5.17. The molecule has 0 aliphatic carbocycles. The topological polar surface area (TPSA) is 57.0 Å². The summed E-state index contributed by atoms with van der Waals surface area (Å²) in [4.78, 5) is 11.5. The Morgan fingerprint density at radius 3 is 2.68 bits per heavy atom. The number of rotatable bonds is 2. The van der Waals surface area contributed by atoms with Gasteiger partial charge in [-0.05, 0) is 17.7 Å². The van der Waals surface area contributed by atoms with E-state index in [1.165, 1.54) is 18.2 Å². The molecule has 0 radical (unpaired) electrons. The number of carbonyl (C=O) groups excluding carboxylic acids is 1. The lowest BCUT2D eigenvalue weighted by Gasteiger charge is -2.03. The minimum atomic E-state index is -0.343. The van der Waals surface area contributed by atoms with Crippen LogP contribution < -0.4 is 0 Å². The molecule has 2 heterocycles. The number of fused-ring (bicyclic) bond motifs is 3. The maximum Gasteiger partial charge on any atom is 0.337 e. The quantitative estimate of drug-likeness (QED) is 0.533. The molecular weight excluding hydrogens is 278 g/mol. The van der Waals surface area contributed by atoms with E-state index in [2.05, 4.69) is 22.4 Å². The number of hydrogen-bond acceptors (Lipinski definition) is 4. The molecule has 1 aliphatic rings. The van der Waals surface area contributed by atoms with E-state index in [4.69, 9.17) is 4.74 Å².